The van der Waals surface area contributed by atoms with Gasteiger partial charge < -0.3 is 0 Å². The van der Waals surface area contributed by atoms with Gasteiger partial charge in [-0.15, -0.1) is 0 Å². The van der Waals surface area contributed by atoms with Gasteiger partial charge in [0.25, 0.3) is 0 Å². The first-order valence-corrected chi connectivity index (χ1v) is 16.7. The van der Waals surface area contributed by atoms with Crippen molar-refractivity contribution < 1.29 is 0 Å². The van der Waals surface area contributed by atoms with Crippen LogP contribution >= 0.6 is 0 Å². The first kappa shape index (κ1) is 31.4. The summed E-state index contributed by atoms with van der Waals surface area (Å²) in [5.41, 5.74) is 17.6. The molecule has 0 atom stereocenters. The largest absolute Gasteiger partial charge is 0.192 e. The molecule has 0 saturated carbocycles. The van der Waals surface area contributed by atoms with Crippen molar-refractivity contribution in [1.29, 1.82) is 5.26 Å². The Labute approximate surface area is 289 Å². The second-order valence-electron chi connectivity index (χ2n) is 12.7. The minimum Gasteiger partial charge on any atom is -0.192 e. The van der Waals surface area contributed by atoms with Gasteiger partial charge in [0.2, 0.25) is 0 Å². The van der Waals surface area contributed by atoms with Gasteiger partial charge in [-0.25, -0.2) is 0 Å². The molecule has 0 aliphatic heterocycles. The smallest absolute Gasteiger partial charge is 0.0991 e. The third-order valence-electron chi connectivity index (χ3n) is 9.71. The molecule has 6 aromatic rings. The van der Waals surface area contributed by atoms with Crippen LogP contribution in [0.2, 0.25) is 0 Å². The quantitative estimate of drug-likeness (QED) is 0.161. The van der Waals surface area contributed by atoms with E-state index in [1.807, 2.05) is 42.5 Å². The van der Waals surface area contributed by atoms with Crippen LogP contribution in [0, 0.1) is 18.3 Å². The molecule has 0 radical (unpaired) electrons. The summed E-state index contributed by atoms with van der Waals surface area (Å²) >= 11 is 0. The highest BCUT2D eigenvalue weighted by molar-refractivity contribution is 5.92. The Bertz CT molecular complexity index is 2430. The molecule has 0 unspecified atom stereocenters. The fourth-order valence-electron chi connectivity index (χ4n) is 6.68. The molecule has 0 aromatic heterocycles. The molecule has 1 aliphatic rings. The highest BCUT2D eigenvalue weighted by Crippen LogP contribution is 2.44. The maximum atomic E-state index is 9.15. The number of hydrogen-bond acceptors (Lipinski definition) is 1. The topological polar surface area (TPSA) is 23.8 Å². The van der Waals surface area contributed by atoms with Crippen molar-refractivity contribution in [3.63, 3.8) is 0 Å². The average molecular weight is 628 g/mol. The Kier molecular flexibility index (Phi) is 8.63. The van der Waals surface area contributed by atoms with Gasteiger partial charge in [0.15, 0.2) is 0 Å². The van der Waals surface area contributed by atoms with Gasteiger partial charge in [-0.2, -0.15) is 5.26 Å². The molecule has 0 fully saturated rings. The summed E-state index contributed by atoms with van der Waals surface area (Å²) in [6.45, 7) is 13.0. The maximum Gasteiger partial charge on any atom is 0.0991 e. The SMILES string of the molecule is C=C(/C=C\c1cc/c(=C/C=C(\C)c2ccc3c(c2)-c2c(cccc2-c2ccc(-c4ccc(C#N)cc4)cc2)C3)c(=C)c1C)c1ccccc1. The highest BCUT2D eigenvalue weighted by atomic mass is 14.3. The van der Waals surface area contributed by atoms with Gasteiger partial charge in [-0.1, -0.05) is 147 Å². The number of nitrogens with zero attached hydrogens (tertiary/aromatic N) is 1. The van der Waals surface area contributed by atoms with Crippen LogP contribution in [0.3, 0.4) is 0 Å². The Morgan fingerprint density at radius 2 is 1.43 bits per heavy atom. The van der Waals surface area contributed by atoms with E-state index in [-0.39, 0.29) is 0 Å². The summed E-state index contributed by atoms with van der Waals surface area (Å²) in [5.74, 6) is 0. The van der Waals surface area contributed by atoms with E-state index in [1.165, 1.54) is 50.1 Å². The molecule has 49 heavy (non-hydrogen) atoms. The van der Waals surface area contributed by atoms with Crippen LogP contribution in [0.5, 0.6) is 0 Å². The van der Waals surface area contributed by atoms with E-state index >= 15 is 0 Å². The van der Waals surface area contributed by atoms with E-state index < -0.39 is 0 Å². The number of allylic oxidation sites excluding steroid dienone is 4. The van der Waals surface area contributed by atoms with E-state index in [2.05, 4.69) is 142 Å². The maximum absolute atomic E-state index is 9.15. The second kappa shape index (κ2) is 13.5. The van der Waals surface area contributed by atoms with Crippen LogP contribution in [0.15, 0.2) is 146 Å². The normalized spacial score (nSPS) is 12.5. The molecule has 7 rings (SSSR count). The third-order valence-corrected chi connectivity index (χ3v) is 9.71. The van der Waals surface area contributed by atoms with Crippen molar-refractivity contribution in [3.8, 4) is 39.4 Å². The lowest BCUT2D eigenvalue weighted by Crippen LogP contribution is -2.26. The van der Waals surface area contributed by atoms with Gasteiger partial charge in [0, 0.05) is 0 Å². The van der Waals surface area contributed by atoms with Crippen molar-refractivity contribution in [2.45, 2.75) is 20.3 Å². The average Bonchev–Trinajstić information content (AvgIpc) is 3.53. The van der Waals surface area contributed by atoms with Crippen molar-refractivity contribution in [2.24, 2.45) is 0 Å². The van der Waals surface area contributed by atoms with Crippen LogP contribution in [0.4, 0.5) is 0 Å². The highest BCUT2D eigenvalue weighted by Gasteiger charge is 2.22. The van der Waals surface area contributed by atoms with E-state index in [0.29, 0.717) is 5.56 Å². The molecular weight excluding hydrogens is 591 g/mol. The van der Waals surface area contributed by atoms with E-state index in [9.17, 15) is 0 Å². The first-order valence-electron chi connectivity index (χ1n) is 16.7. The number of nitriles is 1. The lowest BCUT2D eigenvalue weighted by molar-refractivity contribution is 1.26. The van der Waals surface area contributed by atoms with Gasteiger partial charge in [0.1, 0.15) is 0 Å². The molecule has 234 valence electrons. The van der Waals surface area contributed by atoms with E-state index in [1.54, 1.807) is 0 Å². The molecule has 1 heteroatoms. The van der Waals surface area contributed by atoms with Crippen molar-refractivity contribution in [2.75, 3.05) is 0 Å². The molecular formula is C48H37N. The van der Waals surface area contributed by atoms with Crippen LogP contribution in [-0.2, 0) is 6.42 Å². The molecule has 6 aromatic carbocycles. The zero-order valence-electron chi connectivity index (χ0n) is 28.0. The Hall–Kier alpha value is -6.23. The van der Waals surface area contributed by atoms with Crippen molar-refractivity contribution in [1.82, 2.24) is 0 Å². The van der Waals surface area contributed by atoms with Crippen LogP contribution < -0.4 is 10.4 Å². The van der Waals surface area contributed by atoms with Gasteiger partial charge in [0.05, 0.1) is 11.6 Å². The lowest BCUT2D eigenvalue weighted by atomic mass is 9.92. The first-order chi connectivity index (χ1) is 23.9. The summed E-state index contributed by atoms with van der Waals surface area (Å²) in [5, 5.41) is 11.3. The minimum absolute atomic E-state index is 0.674. The Morgan fingerprint density at radius 1 is 0.714 bits per heavy atom. The van der Waals surface area contributed by atoms with Crippen LogP contribution in [-0.4, -0.2) is 0 Å². The second-order valence-corrected chi connectivity index (χ2v) is 12.7. The zero-order chi connectivity index (χ0) is 33.9. The fraction of sp³-hybridized carbons (Fsp3) is 0.0625. The summed E-state index contributed by atoms with van der Waals surface area (Å²) in [6, 6.07) is 46.9. The van der Waals surface area contributed by atoms with Crippen LogP contribution in [0.1, 0.15) is 45.9 Å². The molecule has 0 amide bonds. The monoisotopic (exact) mass is 627 g/mol. The molecule has 0 heterocycles. The molecule has 1 nitrogen and oxygen atoms in total. The lowest BCUT2D eigenvalue weighted by Gasteiger charge is -2.12. The van der Waals surface area contributed by atoms with Gasteiger partial charge in [-0.05, 0) is 127 Å². The number of rotatable bonds is 7. The van der Waals surface area contributed by atoms with Gasteiger partial charge >= 0.3 is 0 Å². The fourth-order valence-corrected chi connectivity index (χ4v) is 6.68. The van der Waals surface area contributed by atoms with Crippen LogP contribution in [0.25, 0.3) is 63.3 Å². The molecule has 0 spiro atoms. The van der Waals surface area contributed by atoms with E-state index in [4.69, 9.17) is 5.26 Å². The predicted molar refractivity (Wildman–Crippen MR) is 209 cm³/mol. The molecule has 0 bridgehead atoms. The zero-order valence-corrected chi connectivity index (χ0v) is 28.0. The molecule has 0 saturated heterocycles. The molecule has 1 aliphatic carbocycles. The number of benzene rings is 6. The number of fused-ring (bicyclic) bond motifs is 3. The minimum atomic E-state index is 0.674. The summed E-state index contributed by atoms with van der Waals surface area (Å²) in [7, 11) is 0. The Balaban J connectivity index is 1.15. The summed E-state index contributed by atoms with van der Waals surface area (Å²) < 4.78 is 0. The molecule has 0 N–H and O–H groups in total. The van der Waals surface area contributed by atoms with Crippen molar-refractivity contribution >= 4 is 29.9 Å². The standard InChI is InChI=1S/C48H37N/c1-32(37-9-6-5-7-10-37)13-17-38-21-22-39(35(4)34(38)3)18-14-33(2)43-27-28-44-29-45-11-8-12-46(48(45)47(44)30-43)42-25-23-41(24-26-42)40-19-15-36(31-49)16-20-40/h5-28,30H,1,4,29H2,2-3H3/b17-13-,33-14+,39-18-. The van der Waals surface area contributed by atoms with E-state index in [0.717, 1.165) is 44.7 Å². The summed E-state index contributed by atoms with van der Waals surface area (Å²) in [6.07, 6.45) is 9.55. The summed E-state index contributed by atoms with van der Waals surface area (Å²) in [4.78, 5) is 0. The number of hydrogen-bond donors (Lipinski definition) is 0. The van der Waals surface area contributed by atoms with Gasteiger partial charge in [-0.3, -0.25) is 0 Å². The third kappa shape index (κ3) is 6.38. The van der Waals surface area contributed by atoms with Crippen molar-refractivity contribution in [3.05, 3.63) is 196 Å². The predicted octanol–water partition coefficient (Wildman–Crippen LogP) is 10.8. The Morgan fingerprint density at radius 3 is 2.16 bits per heavy atom.